The van der Waals surface area contributed by atoms with Crippen molar-refractivity contribution in [2.45, 2.75) is 12.7 Å². The molecule has 0 aliphatic carbocycles. The van der Waals surface area contributed by atoms with Crippen molar-refractivity contribution >= 4 is 11.3 Å². The van der Waals surface area contributed by atoms with E-state index in [0.29, 0.717) is 5.56 Å². The third-order valence-electron chi connectivity index (χ3n) is 2.25. The summed E-state index contributed by atoms with van der Waals surface area (Å²) in [4.78, 5) is 11.1. The minimum Gasteiger partial charge on any atom is -0.302 e. The molecule has 1 aromatic heterocycles. The maximum Gasteiger partial charge on any atom is 0.416 e. The van der Waals surface area contributed by atoms with Gasteiger partial charge in [0.05, 0.1) is 12.1 Å². The average Bonchev–Trinajstić information content (AvgIpc) is 2.64. The van der Waals surface area contributed by atoms with E-state index in [4.69, 9.17) is 0 Å². The first kappa shape index (κ1) is 11.9. The molecule has 2 nitrogen and oxygen atoms in total. The molecule has 0 saturated carbocycles. The lowest BCUT2D eigenvalue weighted by molar-refractivity contribution is -0.137. The molecule has 6 heteroatoms. The molecule has 1 heterocycles. The SMILES string of the molecule is O=c1sccn1Cc1cccc(C(F)(F)F)c1. The predicted octanol–water partition coefficient (Wildman–Crippen LogP) is 2.98. The lowest BCUT2D eigenvalue weighted by Gasteiger charge is -2.08. The Labute approximate surface area is 98.9 Å². The molecule has 0 radical (unpaired) electrons. The fourth-order valence-electron chi connectivity index (χ4n) is 1.45. The van der Waals surface area contributed by atoms with Crippen LogP contribution in [0, 0.1) is 0 Å². The van der Waals surface area contributed by atoms with Gasteiger partial charge in [0.1, 0.15) is 0 Å². The van der Waals surface area contributed by atoms with Crippen LogP contribution in [0.5, 0.6) is 0 Å². The lowest BCUT2D eigenvalue weighted by Crippen LogP contribution is -2.13. The third-order valence-corrected chi connectivity index (χ3v) is 2.95. The van der Waals surface area contributed by atoms with Crippen molar-refractivity contribution < 1.29 is 13.2 Å². The first-order valence-corrected chi connectivity index (χ1v) is 5.65. The van der Waals surface area contributed by atoms with Crippen LogP contribution < -0.4 is 4.87 Å². The van der Waals surface area contributed by atoms with E-state index in [1.165, 1.54) is 10.6 Å². The van der Waals surface area contributed by atoms with Crippen LogP contribution in [0.3, 0.4) is 0 Å². The summed E-state index contributed by atoms with van der Waals surface area (Å²) in [6.45, 7) is 0.159. The average molecular weight is 259 g/mol. The second-order valence-electron chi connectivity index (χ2n) is 3.49. The van der Waals surface area contributed by atoms with Gasteiger partial charge in [-0.15, -0.1) is 0 Å². The van der Waals surface area contributed by atoms with Gasteiger partial charge in [-0.3, -0.25) is 4.79 Å². The summed E-state index contributed by atoms with van der Waals surface area (Å²) < 4.78 is 38.8. The third kappa shape index (κ3) is 2.76. The van der Waals surface area contributed by atoms with Crippen molar-refractivity contribution in [1.82, 2.24) is 4.57 Å². The van der Waals surface area contributed by atoms with E-state index in [0.717, 1.165) is 23.5 Å². The number of thiazole rings is 1. The summed E-state index contributed by atoms with van der Waals surface area (Å²) in [6, 6.07) is 4.99. The van der Waals surface area contributed by atoms with E-state index in [1.807, 2.05) is 0 Å². The summed E-state index contributed by atoms with van der Waals surface area (Å²) in [6.07, 6.45) is -2.79. The Kier molecular flexibility index (Phi) is 3.06. The number of hydrogen-bond donors (Lipinski definition) is 0. The van der Waals surface area contributed by atoms with Gasteiger partial charge < -0.3 is 4.57 Å². The van der Waals surface area contributed by atoms with Gasteiger partial charge in [0.2, 0.25) is 0 Å². The van der Waals surface area contributed by atoms with E-state index in [2.05, 4.69) is 0 Å². The van der Waals surface area contributed by atoms with E-state index in [1.54, 1.807) is 17.6 Å². The number of benzene rings is 1. The van der Waals surface area contributed by atoms with Gasteiger partial charge in [-0.2, -0.15) is 13.2 Å². The van der Waals surface area contributed by atoms with Crippen LogP contribution >= 0.6 is 11.3 Å². The van der Waals surface area contributed by atoms with Gasteiger partial charge in [-0.25, -0.2) is 0 Å². The van der Waals surface area contributed by atoms with Gasteiger partial charge in [-0.1, -0.05) is 23.5 Å². The molecule has 0 N–H and O–H groups in total. The van der Waals surface area contributed by atoms with E-state index < -0.39 is 11.7 Å². The van der Waals surface area contributed by atoms with Crippen LogP contribution in [0.1, 0.15) is 11.1 Å². The first-order valence-electron chi connectivity index (χ1n) is 4.77. The fourth-order valence-corrected chi connectivity index (χ4v) is 2.04. The molecule has 0 spiro atoms. The van der Waals surface area contributed by atoms with Crippen molar-refractivity contribution in [1.29, 1.82) is 0 Å². The molecule has 2 aromatic rings. The number of aromatic nitrogens is 1. The van der Waals surface area contributed by atoms with Crippen LogP contribution in [-0.4, -0.2) is 4.57 Å². The molecule has 0 saturated heterocycles. The second kappa shape index (κ2) is 4.37. The zero-order valence-electron chi connectivity index (χ0n) is 8.57. The molecule has 0 bridgehead atoms. The molecule has 1 aromatic carbocycles. The molecule has 90 valence electrons. The molecule has 0 atom stereocenters. The van der Waals surface area contributed by atoms with Crippen LogP contribution in [0.15, 0.2) is 40.6 Å². The number of halogens is 3. The van der Waals surface area contributed by atoms with Crippen LogP contribution in [0.25, 0.3) is 0 Å². The summed E-state index contributed by atoms with van der Waals surface area (Å²) in [5, 5.41) is 1.61. The Bertz CT molecular complexity index is 570. The Balaban J connectivity index is 2.29. The highest BCUT2D eigenvalue weighted by molar-refractivity contribution is 7.07. The summed E-state index contributed by atoms with van der Waals surface area (Å²) in [5.41, 5.74) is -0.237. The monoisotopic (exact) mass is 259 g/mol. The number of nitrogens with zero attached hydrogens (tertiary/aromatic N) is 1. The van der Waals surface area contributed by atoms with Gasteiger partial charge >= 0.3 is 11.0 Å². The Morgan fingerprint density at radius 3 is 2.65 bits per heavy atom. The Morgan fingerprint density at radius 1 is 1.29 bits per heavy atom. The van der Waals surface area contributed by atoms with Gasteiger partial charge in [0.25, 0.3) is 0 Å². The molecule has 0 unspecified atom stereocenters. The first-order chi connectivity index (χ1) is 7.97. The van der Waals surface area contributed by atoms with E-state index in [9.17, 15) is 18.0 Å². The van der Waals surface area contributed by atoms with Crippen molar-refractivity contribution in [3.05, 3.63) is 56.6 Å². The molecular weight excluding hydrogens is 251 g/mol. The number of alkyl halides is 3. The highest BCUT2D eigenvalue weighted by Gasteiger charge is 2.30. The minimum atomic E-state index is -4.35. The van der Waals surface area contributed by atoms with Crippen LogP contribution in [0.4, 0.5) is 13.2 Å². The summed E-state index contributed by atoms with van der Waals surface area (Å²) in [5.74, 6) is 0. The lowest BCUT2D eigenvalue weighted by atomic mass is 10.1. The maximum atomic E-state index is 12.5. The summed E-state index contributed by atoms with van der Waals surface area (Å²) in [7, 11) is 0. The molecule has 17 heavy (non-hydrogen) atoms. The highest BCUT2D eigenvalue weighted by atomic mass is 32.1. The van der Waals surface area contributed by atoms with Crippen molar-refractivity contribution in [3.63, 3.8) is 0 Å². The van der Waals surface area contributed by atoms with E-state index >= 15 is 0 Å². The van der Waals surface area contributed by atoms with Gasteiger partial charge in [0, 0.05) is 11.6 Å². The molecule has 0 amide bonds. The largest absolute Gasteiger partial charge is 0.416 e. The standard InChI is InChI=1S/C11H8F3NOS/c12-11(13,14)9-3-1-2-8(6-9)7-15-4-5-17-10(15)16/h1-6H,7H2. The molecular formula is C11H8F3NOS. The van der Waals surface area contributed by atoms with Crippen molar-refractivity contribution in [2.75, 3.05) is 0 Å². The van der Waals surface area contributed by atoms with Gasteiger partial charge in [-0.05, 0) is 17.7 Å². The van der Waals surface area contributed by atoms with Gasteiger partial charge in [0.15, 0.2) is 0 Å². The predicted molar refractivity (Wildman–Crippen MR) is 59.1 cm³/mol. The zero-order valence-corrected chi connectivity index (χ0v) is 9.39. The maximum absolute atomic E-state index is 12.5. The fraction of sp³-hybridized carbons (Fsp3) is 0.182. The molecule has 0 fully saturated rings. The topological polar surface area (TPSA) is 22.0 Å². The van der Waals surface area contributed by atoms with Crippen molar-refractivity contribution in [2.24, 2.45) is 0 Å². The highest BCUT2D eigenvalue weighted by Crippen LogP contribution is 2.29. The molecule has 0 aliphatic heterocycles. The Hall–Kier alpha value is -1.56. The Morgan fingerprint density at radius 2 is 2.06 bits per heavy atom. The normalized spacial score (nSPS) is 11.7. The molecule has 0 aliphatic rings. The van der Waals surface area contributed by atoms with Crippen molar-refractivity contribution in [3.8, 4) is 0 Å². The number of rotatable bonds is 2. The number of hydrogen-bond acceptors (Lipinski definition) is 2. The van der Waals surface area contributed by atoms with Crippen LogP contribution in [-0.2, 0) is 12.7 Å². The minimum absolute atomic E-state index is 0.159. The zero-order chi connectivity index (χ0) is 12.5. The smallest absolute Gasteiger partial charge is 0.302 e. The van der Waals surface area contributed by atoms with E-state index in [-0.39, 0.29) is 11.4 Å². The quantitative estimate of drug-likeness (QED) is 0.812. The molecule has 2 rings (SSSR count). The summed E-state index contributed by atoms with van der Waals surface area (Å²) >= 11 is 1.02. The van der Waals surface area contributed by atoms with Crippen LogP contribution in [0.2, 0.25) is 0 Å². The second-order valence-corrected chi connectivity index (χ2v) is 4.35.